The molecule has 0 aromatic heterocycles. The number of aryl methyl sites for hydroxylation is 1. The highest BCUT2D eigenvalue weighted by molar-refractivity contribution is 5.23. The molecule has 3 heteroatoms. The van der Waals surface area contributed by atoms with Crippen LogP contribution in [-0.4, -0.2) is 30.6 Å². The van der Waals surface area contributed by atoms with E-state index in [-0.39, 0.29) is 5.82 Å². The predicted molar refractivity (Wildman–Crippen MR) is 73.1 cm³/mol. The van der Waals surface area contributed by atoms with Crippen LogP contribution < -0.4 is 5.32 Å². The highest BCUT2D eigenvalue weighted by Crippen LogP contribution is 2.12. The fourth-order valence-corrected chi connectivity index (χ4v) is 2.46. The van der Waals surface area contributed by atoms with Crippen LogP contribution in [-0.2, 0) is 6.54 Å². The normalized spacial score (nSPS) is 18.2. The van der Waals surface area contributed by atoms with Gasteiger partial charge in [0.05, 0.1) is 0 Å². The number of nitrogens with one attached hydrogen (secondary N) is 1. The molecule has 0 aliphatic carbocycles. The maximum Gasteiger partial charge on any atom is 0.126 e. The Morgan fingerprint density at radius 2 is 2.06 bits per heavy atom. The second kappa shape index (κ2) is 6.30. The Morgan fingerprint density at radius 1 is 1.33 bits per heavy atom. The van der Waals surface area contributed by atoms with Gasteiger partial charge in [-0.05, 0) is 56.6 Å². The summed E-state index contributed by atoms with van der Waals surface area (Å²) in [5.74, 6) is -0.102. The lowest BCUT2D eigenvalue weighted by Crippen LogP contribution is -2.42. The van der Waals surface area contributed by atoms with Gasteiger partial charge in [0.15, 0.2) is 0 Å². The topological polar surface area (TPSA) is 15.3 Å². The number of hydrogen-bond acceptors (Lipinski definition) is 2. The van der Waals surface area contributed by atoms with Crippen LogP contribution in [0.3, 0.4) is 0 Å². The summed E-state index contributed by atoms with van der Waals surface area (Å²) in [5, 5.41) is 3.54. The first-order valence-electron chi connectivity index (χ1n) is 6.90. The van der Waals surface area contributed by atoms with Crippen molar-refractivity contribution in [2.75, 3.05) is 19.6 Å². The number of rotatable bonds is 4. The van der Waals surface area contributed by atoms with Crippen LogP contribution in [0.5, 0.6) is 0 Å². The lowest BCUT2D eigenvalue weighted by molar-refractivity contribution is 0.206. The van der Waals surface area contributed by atoms with Crippen molar-refractivity contribution in [2.45, 2.75) is 39.3 Å². The molecule has 1 heterocycles. The summed E-state index contributed by atoms with van der Waals surface area (Å²) in [4.78, 5) is 2.48. The molecule has 1 saturated heterocycles. The van der Waals surface area contributed by atoms with Gasteiger partial charge >= 0.3 is 0 Å². The van der Waals surface area contributed by atoms with Crippen LogP contribution in [0.1, 0.15) is 30.9 Å². The van der Waals surface area contributed by atoms with Gasteiger partial charge in [0.1, 0.15) is 5.82 Å². The molecule has 0 amide bonds. The number of benzene rings is 1. The quantitative estimate of drug-likeness (QED) is 0.884. The smallest absolute Gasteiger partial charge is 0.126 e. The Kier molecular flexibility index (Phi) is 4.72. The fraction of sp³-hybridized carbons (Fsp3) is 0.600. The number of hydrogen-bond donors (Lipinski definition) is 1. The SMILES string of the molecule is CCN1CCC(NCc2ccc(C)c(F)c2)CC1. The molecule has 1 fully saturated rings. The number of nitrogens with zero attached hydrogens (tertiary/aromatic N) is 1. The third-order valence-corrected chi connectivity index (χ3v) is 3.87. The molecule has 0 spiro atoms. The standard InChI is InChI=1S/C15H23FN2/c1-3-18-8-6-14(7-9-18)17-11-13-5-4-12(2)15(16)10-13/h4-5,10,14,17H,3,6-9,11H2,1-2H3. The lowest BCUT2D eigenvalue weighted by Gasteiger charge is -2.31. The molecule has 0 radical (unpaired) electrons. The van der Waals surface area contributed by atoms with Crippen LogP contribution in [0.15, 0.2) is 18.2 Å². The van der Waals surface area contributed by atoms with Gasteiger partial charge in [-0.1, -0.05) is 19.1 Å². The molecule has 0 unspecified atom stereocenters. The molecule has 1 aromatic carbocycles. The van der Waals surface area contributed by atoms with E-state index in [4.69, 9.17) is 0 Å². The summed E-state index contributed by atoms with van der Waals surface area (Å²) in [6.45, 7) is 8.28. The summed E-state index contributed by atoms with van der Waals surface area (Å²) in [7, 11) is 0. The Bertz CT molecular complexity index is 384. The maximum absolute atomic E-state index is 13.4. The Balaban J connectivity index is 1.79. The third kappa shape index (κ3) is 3.53. The van der Waals surface area contributed by atoms with E-state index in [2.05, 4.69) is 17.1 Å². The maximum atomic E-state index is 13.4. The molecule has 2 rings (SSSR count). The van der Waals surface area contributed by atoms with E-state index in [1.807, 2.05) is 12.1 Å². The lowest BCUT2D eigenvalue weighted by atomic mass is 10.0. The minimum atomic E-state index is -0.102. The zero-order valence-electron chi connectivity index (χ0n) is 11.4. The zero-order valence-corrected chi connectivity index (χ0v) is 11.4. The first kappa shape index (κ1) is 13.5. The van der Waals surface area contributed by atoms with Gasteiger partial charge in [0, 0.05) is 12.6 Å². The van der Waals surface area contributed by atoms with Gasteiger partial charge in [0.2, 0.25) is 0 Å². The van der Waals surface area contributed by atoms with Crippen LogP contribution in [0, 0.1) is 12.7 Å². The van der Waals surface area contributed by atoms with E-state index >= 15 is 0 Å². The molecule has 100 valence electrons. The molecular weight excluding hydrogens is 227 g/mol. The van der Waals surface area contributed by atoms with Gasteiger partial charge in [-0.25, -0.2) is 4.39 Å². The van der Waals surface area contributed by atoms with Crippen molar-refractivity contribution in [3.63, 3.8) is 0 Å². The van der Waals surface area contributed by atoms with E-state index in [1.165, 1.54) is 25.9 Å². The van der Waals surface area contributed by atoms with Crippen molar-refractivity contribution in [2.24, 2.45) is 0 Å². The predicted octanol–water partition coefficient (Wildman–Crippen LogP) is 2.71. The fourth-order valence-electron chi connectivity index (χ4n) is 2.46. The zero-order chi connectivity index (χ0) is 13.0. The van der Waals surface area contributed by atoms with E-state index in [1.54, 1.807) is 13.0 Å². The summed E-state index contributed by atoms with van der Waals surface area (Å²) >= 11 is 0. The average molecular weight is 250 g/mol. The van der Waals surface area contributed by atoms with Crippen LogP contribution in [0.4, 0.5) is 4.39 Å². The van der Waals surface area contributed by atoms with Crippen molar-refractivity contribution in [3.8, 4) is 0 Å². The van der Waals surface area contributed by atoms with Crippen molar-refractivity contribution in [3.05, 3.63) is 35.1 Å². The largest absolute Gasteiger partial charge is 0.310 e. The summed E-state index contributed by atoms with van der Waals surface area (Å²) in [6, 6.07) is 6.08. The van der Waals surface area contributed by atoms with Gasteiger partial charge in [-0.3, -0.25) is 0 Å². The Labute approximate surface area is 109 Å². The van der Waals surface area contributed by atoms with E-state index < -0.39 is 0 Å². The second-order valence-electron chi connectivity index (χ2n) is 5.17. The van der Waals surface area contributed by atoms with Gasteiger partial charge in [-0.15, -0.1) is 0 Å². The van der Waals surface area contributed by atoms with Crippen LogP contribution >= 0.6 is 0 Å². The highest BCUT2D eigenvalue weighted by Gasteiger charge is 2.17. The van der Waals surface area contributed by atoms with E-state index in [0.717, 1.165) is 24.2 Å². The molecule has 0 bridgehead atoms. The van der Waals surface area contributed by atoms with Crippen LogP contribution in [0.25, 0.3) is 0 Å². The first-order chi connectivity index (χ1) is 8.69. The third-order valence-electron chi connectivity index (χ3n) is 3.87. The van der Waals surface area contributed by atoms with E-state index in [9.17, 15) is 4.39 Å². The monoisotopic (exact) mass is 250 g/mol. The van der Waals surface area contributed by atoms with E-state index in [0.29, 0.717) is 6.04 Å². The molecule has 1 aromatic rings. The Hall–Kier alpha value is -0.930. The molecule has 1 N–H and O–H groups in total. The van der Waals surface area contributed by atoms with Crippen LogP contribution in [0.2, 0.25) is 0 Å². The first-order valence-corrected chi connectivity index (χ1v) is 6.90. The highest BCUT2D eigenvalue weighted by atomic mass is 19.1. The molecule has 2 nitrogen and oxygen atoms in total. The molecule has 1 aliphatic rings. The number of halogens is 1. The molecule has 18 heavy (non-hydrogen) atoms. The minimum absolute atomic E-state index is 0.102. The van der Waals surface area contributed by atoms with Crippen molar-refractivity contribution < 1.29 is 4.39 Å². The van der Waals surface area contributed by atoms with Crippen molar-refractivity contribution >= 4 is 0 Å². The average Bonchev–Trinajstić information content (AvgIpc) is 2.41. The summed E-state index contributed by atoms with van der Waals surface area (Å²) in [6.07, 6.45) is 2.39. The second-order valence-corrected chi connectivity index (χ2v) is 5.17. The van der Waals surface area contributed by atoms with Gasteiger partial charge in [-0.2, -0.15) is 0 Å². The molecular formula is C15H23FN2. The summed E-state index contributed by atoms with van der Waals surface area (Å²) < 4.78 is 13.4. The van der Waals surface area contributed by atoms with Crippen molar-refractivity contribution in [1.29, 1.82) is 0 Å². The molecule has 0 atom stereocenters. The van der Waals surface area contributed by atoms with Gasteiger partial charge in [0.25, 0.3) is 0 Å². The molecule has 1 aliphatic heterocycles. The minimum Gasteiger partial charge on any atom is -0.310 e. The Morgan fingerprint density at radius 3 is 2.67 bits per heavy atom. The number of piperidine rings is 1. The molecule has 0 saturated carbocycles. The van der Waals surface area contributed by atoms with Crippen molar-refractivity contribution in [1.82, 2.24) is 10.2 Å². The summed E-state index contributed by atoms with van der Waals surface area (Å²) in [5.41, 5.74) is 1.76. The number of likely N-dealkylation sites (tertiary alicyclic amines) is 1. The van der Waals surface area contributed by atoms with Gasteiger partial charge < -0.3 is 10.2 Å².